The number of aromatic nitrogens is 1. The molecule has 1 aromatic rings. The summed E-state index contributed by atoms with van der Waals surface area (Å²) in [4.78, 5) is 9.27. The predicted molar refractivity (Wildman–Crippen MR) is 75.9 cm³/mol. The van der Waals surface area contributed by atoms with Crippen molar-refractivity contribution in [3.8, 4) is 0 Å². The number of pyridine rings is 1. The van der Waals surface area contributed by atoms with Gasteiger partial charge in [-0.15, -0.1) is 0 Å². The second-order valence-corrected chi connectivity index (χ2v) is 5.27. The average Bonchev–Trinajstić information content (AvgIpc) is 2.40. The number of hydrogen-bond donors (Lipinski definition) is 1. The van der Waals surface area contributed by atoms with Crippen molar-refractivity contribution in [1.82, 2.24) is 9.88 Å². The Kier molecular flexibility index (Phi) is 4.55. The summed E-state index contributed by atoms with van der Waals surface area (Å²) < 4.78 is 0. The monoisotopic (exact) mass is 248 g/mol. The van der Waals surface area contributed by atoms with Crippen LogP contribution in [0.25, 0.3) is 0 Å². The van der Waals surface area contributed by atoms with Crippen molar-refractivity contribution < 1.29 is 0 Å². The highest BCUT2D eigenvalue weighted by molar-refractivity contribution is 5.40. The molecule has 1 aliphatic rings. The van der Waals surface area contributed by atoms with E-state index in [9.17, 15) is 0 Å². The number of nitrogens with two attached hydrogens (primary N) is 1. The van der Waals surface area contributed by atoms with Crippen molar-refractivity contribution in [1.29, 1.82) is 0 Å². The topological polar surface area (TPSA) is 45.4 Å². The van der Waals surface area contributed by atoms with Gasteiger partial charge in [-0.3, -0.25) is 0 Å². The number of nitrogens with zero attached hydrogens (tertiary/aromatic N) is 3. The Balaban J connectivity index is 2.02. The average molecular weight is 248 g/mol. The van der Waals surface area contributed by atoms with Crippen molar-refractivity contribution in [2.24, 2.45) is 5.73 Å². The summed E-state index contributed by atoms with van der Waals surface area (Å²) in [5.41, 5.74) is 6.77. The lowest BCUT2D eigenvalue weighted by molar-refractivity contribution is 0.257. The molecule has 0 radical (unpaired) electrons. The third-order valence-corrected chi connectivity index (χ3v) is 3.69. The van der Waals surface area contributed by atoms with Crippen molar-refractivity contribution in [2.45, 2.75) is 25.3 Å². The molecule has 18 heavy (non-hydrogen) atoms. The Morgan fingerprint density at radius 3 is 2.89 bits per heavy atom. The fraction of sp³-hybridized carbons (Fsp3) is 0.643. The lowest BCUT2D eigenvalue weighted by Crippen LogP contribution is -2.45. The van der Waals surface area contributed by atoms with Crippen LogP contribution in [-0.2, 0) is 6.42 Å². The smallest absolute Gasteiger partial charge is 0.128 e. The summed E-state index contributed by atoms with van der Waals surface area (Å²) in [6.45, 7) is 2.89. The van der Waals surface area contributed by atoms with Crippen molar-refractivity contribution in [3.63, 3.8) is 0 Å². The Morgan fingerprint density at radius 1 is 1.44 bits per heavy atom. The van der Waals surface area contributed by atoms with Gasteiger partial charge in [0.1, 0.15) is 5.82 Å². The maximum atomic E-state index is 5.55. The van der Waals surface area contributed by atoms with Gasteiger partial charge in [-0.1, -0.05) is 6.07 Å². The largest absolute Gasteiger partial charge is 0.355 e. The van der Waals surface area contributed by atoms with Crippen LogP contribution in [0.5, 0.6) is 0 Å². The van der Waals surface area contributed by atoms with Gasteiger partial charge in [0, 0.05) is 25.3 Å². The van der Waals surface area contributed by atoms with E-state index in [1.54, 1.807) is 0 Å². The Labute approximate surface area is 110 Å². The first kappa shape index (κ1) is 13.3. The molecule has 1 unspecified atom stereocenters. The van der Waals surface area contributed by atoms with Crippen LogP contribution in [-0.4, -0.2) is 49.7 Å². The van der Waals surface area contributed by atoms with Gasteiger partial charge in [-0.2, -0.15) is 0 Å². The Hall–Kier alpha value is -1.13. The Morgan fingerprint density at radius 2 is 2.28 bits per heavy atom. The van der Waals surface area contributed by atoms with Gasteiger partial charge in [0.05, 0.1) is 0 Å². The summed E-state index contributed by atoms with van der Waals surface area (Å²) >= 11 is 0. The molecule has 4 heteroatoms. The van der Waals surface area contributed by atoms with E-state index in [-0.39, 0.29) is 0 Å². The van der Waals surface area contributed by atoms with Crippen LogP contribution >= 0.6 is 0 Å². The maximum Gasteiger partial charge on any atom is 0.128 e. The second-order valence-electron chi connectivity index (χ2n) is 5.27. The molecule has 2 N–H and O–H groups in total. The highest BCUT2D eigenvalue weighted by atomic mass is 15.2. The van der Waals surface area contributed by atoms with Crippen LogP contribution in [0.1, 0.15) is 18.4 Å². The standard InChI is InChI=1S/C14H24N4/c1-17(2)13-4-3-9-18(11-13)14-6-5-12(7-8-15)10-16-14/h5-6,10,13H,3-4,7-9,11,15H2,1-2H3. The highest BCUT2D eigenvalue weighted by Gasteiger charge is 2.21. The van der Waals surface area contributed by atoms with Crippen molar-refractivity contribution in [2.75, 3.05) is 38.6 Å². The van der Waals surface area contributed by atoms with Crippen LogP contribution in [0.15, 0.2) is 18.3 Å². The molecule has 2 heterocycles. The number of rotatable bonds is 4. The first-order valence-electron chi connectivity index (χ1n) is 6.77. The second kappa shape index (κ2) is 6.16. The lowest BCUT2D eigenvalue weighted by atomic mass is 10.0. The molecule has 1 fully saturated rings. The van der Waals surface area contributed by atoms with Crippen LogP contribution in [0, 0.1) is 0 Å². The molecule has 4 nitrogen and oxygen atoms in total. The Bertz CT molecular complexity index is 361. The quantitative estimate of drug-likeness (QED) is 0.867. The zero-order valence-corrected chi connectivity index (χ0v) is 11.5. The number of hydrogen-bond acceptors (Lipinski definition) is 4. The van der Waals surface area contributed by atoms with Crippen molar-refractivity contribution >= 4 is 5.82 Å². The number of piperidine rings is 1. The fourth-order valence-electron chi connectivity index (χ4n) is 2.50. The molecule has 0 aliphatic carbocycles. The van der Waals surface area contributed by atoms with Gasteiger partial charge in [-0.25, -0.2) is 4.98 Å². The predicted octanol–water partition coefficient (Wildman–Crippen LogP) is 1.11. The zero-order chi connectivity index (χ0) is 13.0. The molecule has 2 rings (SSSR count). The van der Waals surface area contributed by atoms with Crippen LogP contribution < -0.4 is 10.6 Å². The first-order valence-corrected chi connectivity index (χ1v) is 6.77. The minimum Gasteiger partial charge on any atom is -0.355 e. The summed E-state index contributed by atoms with van der Waals surface area (Å²) in [5, 5.41) is 0. The van der Waals surface area contributed by atoms with E-state index >= 15 is 0 Å². The van der Waals surface area contributed by atoms with Crippen LogP contribution in [0.2, 0.25) is 0 Å². The molecule has 0 amide bonds. The van der Waals surface area contributed by atoms with E-state index in [0.717, 1.165) is 25.3 Å². The van der Waals surface area contributed by atoms with Gasteiger partial charge >= 0.3 is 0 Å². The summed E-state index contributed by atoms with van der Waals surface area (Å²) in [6, 6.07) is 4.92. The van der Waals surface area contributed by atoms with E-state index in [1.165, 1.54) is 18.4 Å². The molecule has 0 aromatic carbocycles. The van der Waals surface area contributed by atoms with E-state index in [1.807, 2.05) is 6.20 Å². The summed E-state index contributed by atoms with van der Waals surface area (Å²) in [7, 11) is 4.32. The zero-order valence-electron chi connectivity index (χ0n) is 11.5. The number of anilines is 1. The molecule has 100 valence electrons. The molecule has 1 saturated heterocycles. The van der Waals surface area contributed by atoms with Gasteiger partial charge < -0.3 is 15.5 Å². The number of likely N-dealkylation sites (N-methyl/N-ethyl adjacent to an activating group) is 1. The molecule has 1 aromatic heterocycles. The van der Waals surface area contributed by atoms with Gasteiger partial charge in [0.15, 0.2) is 0 Å². The third-order valence-electron chi connectivity index (χ3n) is 3.69. The molecular formula is C14H24N4. The summed E-state index contributed by atoms with van der Waals surface area (Å²) in [6.07, 6.45) is 5.40. The fourth-order valence-corrected chi connectivity index (χ4v) is 2.50. The minimum atomic E-state index is 0.643. The molecule has 1 atom stereocenters. The van der Waals surface area contributed by atoms with Crippen molar-refractivity contribution in [3.05, 3.63) is 23.9 Å². The lowest BCUT2D eigenvalue weighted by Gasteiger charge is -2.36. The molecule has 1 aliphatic heterocycles. The van der Waals surface area contributed by atoms with Crippen LogP contribution in [0.3, 0.4) is 0 Å². The molecule has 0 bridgehead atoms. The molecule has 0 spiro atoms. The molecule has 0 saturated carbocycles. The van der Waals surface area contributed by atoms with E-state index < -0.39 is 0 Å². The van der Waals surface area contributed by atoms with E-state index in [4.69, 9.17) is 5.73 Å². The van der Waals surface area contributed by atoms with E-state index in [0.29, 0.717) is 12.6 Å². The summed E-state index contributed by atoms with van der Waals surface area (Å²) in [5.74, 6) is 1.10. The maximum absolute atomic E-state index is 5.55. The first-order chi connectivity index (χ1) is 8.70. The highest BCUT2D eigenvalue weighted by Crippen LogP contribution is 2.19. The van der Waals surface area contributed by atoms with Gasteiger partial charge in [0.2, 0.25) is 0 Å². The minimum absolute atomic E-state index is 0.643. The van der Waals surface area contributed by atoms with Gasteiger partial charge in [-0.05, 0) is 51.5 Å². The van der Waals surface area contributed by atoms with Crippen LogP contribution in [0.4, 0.5) is 5.82 Å². The normalized spacial score (nSPS) is 20.4. The third kappa shape index (κ3) is 3.21. The molecular weight excluding hydrogens is 224 g/mol. The van der Waals surface area contributed by atoms with Gasteiger partial charge in [0.25, 0.3) is 0 Å². The van der Waals surface area contributed by atoms with E-state index in [2.05, 4.69) is 41.0 Å². The SMILES string of the molecule is CN(C)C1CCCN(c2ccc(CCN)cn2)C1.